The van der Waals surface area contributed by atoms with E-state index in [1.54, 1.807) is 12.3 Å². The van der Waals surface area contributed by atoms with Crippen LogP contribution in [0.2, 0.25) is 10.0 Å². The first-order valence-corrected chi connectivity index (χ1v) is 9.35. The molecule has 7 nitrogen and oxygen atoms in total. The number of nitrogens with zero attached hydrogens (tertiary/aromatic N) is 3. The van der Waals surface area contributed by atoms with Crippen LogP contribution in [-0.4, -0.2) is 20.0 Å². The Bertz CT molecular complexity index is 1210. The fourth-order valence-electron chi connectivity index (χ4n) is 3.02. The van der Waals surface area contributed by atoms with Crippen LogP contribution in [0.15, 0.2) is 34.0 Å². The molecule has 2 heterocycles. The van der Waals surface area contributed by atoms with Crippen LogP contribution in [0, 0.1) is 0 Å². The summed E-state index contributed by atoms with van der Waals surface area (Å²) in [4.78, 5) is 42.2. The number of aryl methyl sites for hydroxylation is 2. The zero-order chi connectivity index (χ0) is 20.6. The molecule has 9 heteroatoms. The zero-order valence-corrected chi connectivity index (χ0v) is 17.1. The summed E-state index contributed by atoms with van der Waals surface area (Å²) in [5, 5.41) is 3.55. The highest BCUT2D eigenvalue weighted by molar-refractivity contribution is 6.36. The minimum atomic E-state index is -0.531. The van der Waals surface area contributed by atoms with Crippen molar-refractivity contribution in [2.75, 3.05) is 5.32 Å². The van der Waals surface area contributed by atoms with Crippen LogP contribution in [0.3, 0.4) is 0 Å². The van der Waals surface area contributed by atoms with Gasteiger partial charge >= 0.3 is 5.69 Å². The highest BCUT2D eigenvalue weighted by atomic mass is 35.5. The third kappa shape index (κ3) is 3.43. The Labute approximate surface area is 170 Å². The van der Waals surface area contributed by atoms with Gasteiger partial charge in [-0.3, -0.25) is 18.7 Å². The molecule has 0 aliphatic heterocycles. The topological polar surface area (TPSA) is 86.0 Å². The smallest absolute Gasteiger partial charge is 0.321 e. The standard InChI is InChI=1S/C19H18Cl2N4O3/c1-4-5-10-9-22-16-14(18(27)25(3)19(28)24(16)2)15(10)23-17(26)12-8-11(20)6-7-13(12)21/h6-9H,4-5H2,1-3H3,(H,22,23,26). The van der Waals surface area contributed by atoms with Crippen molar-refractivity contribution in [3.63, 3.8) is 0 Å². The lowest BCUT2D eigenvalue weighted by Crippen LogP contribution is -2.38. The van der Waals surface area contributed by atoms with E-state index in [9.17, 15) is 14.4 Å². The molecule has 0 saturated heterocycles. The largest absolute Gasteiger partial charge is 0.332 e. The number of aromatic nitrogens is 3. The molecule has 3 rings (SSSR count). The zero-order valence-electron chi connectivity index (χ0n) is 15.5. The molecule has 1 aromatic carbocycles. The molecule has 28 heavy (non-hydrogen) atoms. The van der Waals surface area contributed by atoms with E-state index in [0.717, 1.165) is 11.0 Å². The summed E-state index contributed by atoms with van der Waals surface area (Å²) in [6, 6.07) is 4.56. The third-order valence-electron chi connectivity index (χ3n) is 4.48. The molecular formula is C19H18Cl2N4O3. The Balaban J connectivity index is 2.27. The van der Waals surface area contributed by atoms with Gasteiger partial charge in [-0.25, -0.2) is 9.78 Å². The van der Waals surface area contributed by atoms with Crippen LogP contribution in [0.4, 0.5) is 5.69 Å². The van der Waals surface area contributed by atoms with Gasteiger partial charge in [0, 0.05) is 25.3 Å². The number of carbonyl (C=O) groups is 1. The molecule has 146 valence electrons. The van der Waals surface area contributed by atoms with E-state index in [0.29, 0.717) is 22.7 Å². The molecule has 2 aromatic heterocycles. The number of nitrogens with one attached hydrogen (secondary N) is 1. The molecule has 0 spiro atoms. The lowest BCUT2D eigenvalue weighted by atomic mass is 10.1. The molecule has 0 atom stereocenters. The maximum Gasteiger partial charge on any atom is 0.332 e. The van der Waals surface area contributed by atoms with Crippen LogP contribution in [0.1, 0.15) is 29.3 Å². The second kappa shape index (κ2) is 7.77. The van der Waals surface area contributed by atoms with Gasteiger partial charge in [0.25, 0.3) is 11.5 Å². The summed E-state index contributed by atoms with van der Waals surface area (Å²) >= 11 is 12.1. The molecule has 1 amide bonds. The quantitative estimate of drug-likeness (QED) is 0.702. The molecule has 1 N–H and O–H groups in total. The summed E-state index contributed by atoms with van der Waals surface area (Å²) in [6.07, 6.45) is 2.94. The lowest BCUT2D eigenvalue weighted by Gasteiger charge is -2.15. The summed E-state index contributed by atoms with van der Waals surface area (Å²) in [5.41, 5.74) is 0.365. The van der Waals surface area contributed by atoms with E-state index >= 15 is 0 Å². The number of carbonyl (C=O) groups excluding carboxylic acids is 1. The van der Waals surface area contributed by atoms with Gasteiger partial charge in [-0.1, -0.05) is 36.5 Å². The number of rotatable bonds is 4. The molecule has 0 unspecified atom stereocenters. The average Bonchev–Trinajstić information content (AvgIpc) is 2.67. The fraction of sp³-hybridized carbons (Fsp3) is 0.263. The number of amides is 1. The van der Waals surface area contributed by atoms with Gasteiger partial charge in [0.15, 0.2) is 5.65 Å². The first-order chi connectivity index (χ1) is 13.3. The third-order valence-corrected chi connectivity index (χ3v) is 5.04. The fourth-order valence-corrected chi connectivity index (χ4v) is 3.40. The Morgan fingerprint density at radius 1 is 1.18 bits per heavy atom. The normalized spacial score (nSPS) is 11.0. The van der Waals surface area contributed by atoms with Gasteiger partial charge in [0.2, 0.25) is 0 Å². The van der Waals surface area contributed by atoms with Crippen LogP contribution >= 0.6 is 23.2 Å². The van der Waals surface area contributed by atoms with E-state index in [2.05, 4.69) is 10.3 Å². The molecule has 0 radical (unpaired) electrons. The van der Waals surface area contributed by atoms with Gasteiger partial charge in [-0.05, 0) is 30.2 Å². The van der Waals surface area contributed by atoms with Crippen molar-refractivity contribution >= 4 is 45.8 Å². The van der Waals surface area contributed by atoms with Crippen LogP contribution < -0.4 is 16.6 Å². The van der Waals surface area contributed by atoms with Gasteiger partial charge < -0.3 is 5.32 Å². The summed E-state index contributed by atoms with van der Waals surface area (Å²) < 4.78 is 2.26. The number of pyridine rings is 1. The van der Waals surface area contributed by atoms with Crippen LogP contribution in [-0.2, 0) is 20.5 Å². The molecule has 3 aromatic rings. The number of anilines is 1. The Morgan fingerprint density at radius 2 is 1.89 bits per heavy atom. The number of fused-ring (bicyclic) bond motifs is 1. The van der Waals surface area contributed by atoms with Crippen LogP contribution in [0.5, 0.6) is 0 Å². The van der Waals surface area contributed by atoms with E-state index in [1.165, 1.54) is 30.8 Å². The van der Waals surface area contributed by atoms with Gasteiger partial charge in [0.1, 0.15) is 5.39 Å². The minimum absolute atomic E-state index is 0.169. The van der Waals surface area contributed by atoms with Gasteiger partial charge in [-0.2, -0.15) is 0 Å². The molecule has 0 aliphatic carbocycles. The van der Waals surface area contributed by atoms with Crippen molar-refractivity contribution in [1.82, 2.24) is 14.1 Å². The number of halogens is 2. The average molecular weight is 421 g/mol. The van der Waals surface area contributed by atoms with E-state index in [-0.39, 0.29) is 21.6 Å². The van der Waals surface area contributed by atoms with Crippen LogP contribution in [0.25, 0.3) is 11.0 Å². The summed E-state index contributed by atoms with van der Waals surface area (Å²) in [5.74, 6) is -0.506. The van der Waals surface area contributed by atoms with E-state index in [1.807, 2.05) is 6.92 Å². The minimum Gasteiger partial charge on any atom is -0.321 e. The SMILES string of the molecule is CCCc1cnc2c(c1NC(=O)c1cc(Cl)ccc1Cl)c(=O)n(C)c(=O)n2C. The van der Waals surface area contributed by atoms with Crippen molar-refractivity contribution < 1.29 is 4.79 Å². The van der Waals surface area contributed by atoms with E-state index in [4.69, 9.17) is 23.2 Å². The highest BCUT2D eigenvalue weighted by Crippen LogP contribution is 2.27. The Kier molecular flexibility index (Phi) is 5.58. The molecule has 0 saturated carbocycles. The Morgan fingerprint density at radius 3 is 2.57 bits per heavy atom. The van der Waals surface area contributed by atoms with Crippen molar-refractivity contribution in [3.8, 4) is 0 Å². The highest BCUT2D eigenvalue weighted by Gasteiger charge is 2.20. The first kappa shape index (κ1) is 20.1. The van der Waals surface area contributed by atoms with E-state index < -0.39 is 17.2 Å². The molecule has 0 aliphatic rings. The second-order valence-corrected chi connectivity index (χ2v) is 7.23. The van der Waals surface area contributed by atoms with Gasteiger partial charge in [-0.15, -0.1) is 0 Å². The molecular weight excluding hydrogens is 403 g/mol. The van der Waals surface area contributed by atoms with Gasteiger partial charge in [0.05, 0.1) is 16.3 Å². The van der Waals surface area contributed by atoms with Crippen molar-refractivity contribution in [3.05, 3.63) is 66.4 Å². The maximum atomic E-state index is 12.9. The maximum absolute atomic E-state index is 12.9. The summed E-state index contributed by atoms with van der Waals surface area (Å²) in [6.45, 7) is 1.97. The lowest BCUT2D eigenvalue weighted by molar-refractivity contribution is 0.102. The number of hydrogen-bond acceptors (Lipinski definition) is 4. The predicted octanol–water partition coefficient (Wildman–Crippen LogP) is 3.14. The first-order valence-electron chi connectivity index (χ1n) is 8.60. The number of hydrogen-bond donors (Lipinski definition) is 1. The monoisotopic (exact) mass is 420 g/mol. The van der Waals surface area contributed by atoms with Crippen molar-refractivity contribution in [2.45, 2.75) is 19.8 Å². The molecule has 0 fully saturated rings. The number of benzene rings is 1. The summed E-state index contributed by atoms with van der Waals surface area (Å²) in [7, 11) is 2.91. The second-order valence-electron chi connectivity index (χ2n) is 6.39. The molecule has 0 bridgehead atoms. The van der Waals surface area contributed by atoms with Crippen molar-refractivity contribution in [1.29, 1.82) is 0 Å². The van der Waals surface area contributed by atoms with Crippen molar-refractivity contribution in [2.24, 2.45) is 14.1 Å². The Hall–Kier alpha value is -2.64. The predicted molar refractivity (Wildman–Crippen MR) is 111 cm³/mol.